The second-order valence-corrected chi connectivity index (χ2v) is 21.0. The molecular weight excluding hydrogens is 911 g/mol. The average Bonchev–Trinajstić information content (AvgIpc) is 4.08. The van der Waals surface area contributed by atoms with Crippen molar-refractivity contribution < 1.29 is 20.8 Å². The van der Waals surface area contributed by atoms with E-state index in [1.54, 1.807) is 0 Å². The van der Waals surface area contributed by atoms with E-state index >= 15 is 0 Å². The summed E-state index contributed by atoms with van der Waals surface area (Å²) in [6.07, 6.45) is 2.15. The second-order valence-electron chi connectivity index (χ2n) is 16.0. The van der Waals surface area contributed by atoms with E-state index in [0.29, 0.717) is 0 Å². The normalized spacial score (nSPS) is 11.0. The van der Waals surface area contributed by atoms with Crippen molar-refractivity contribution in [1.82, 2.24) is 0 Å². The van der Waals surface area contributed by atoms with Crippen molar-refractivity contribution in [2.45, 2.75) is 40.5 Å². The van der Waals surface area contributed by atoms with Gasteiger partial charge in [0.15, 0.2) is 0 Å². The third-order valence-corrected chi connectivity index (χ3v) is 13.4. The Hall–Kier alpha value is -5.34. The molecule has 0 unspecified atom stereocenters. The molecule has 10 aromatic rings. The van der Waals surface area contributed by atoms with E-state index in [-0.39, 0.29) is 0 Å². The summed E-state index contributed by atoms with van der Waals surface area (Å²) in [5.74, 6) is 0. The number of rotatable bonds is 6. The molecule has 0 fully saturated rings. The van der Waals surface area contributed by atoms with Crippen LogP contribution in [0.3, 0.4) is 0 Å². The number of halogens is 2. The van der Waals surface area contributed by atoms with Gasteiger partial charge in [0.1, 0.15) is 0 Å². The molecule has 11 rings (SSSR count). The van der Waals surface area contributed by atoms with Crippen LogP contribution in [0, 0.1) is 19.9 Å². The smallest absolute Gasteiger partial charge is 0.0920 e. The Labute approximate surface area is 400 Å². The van der Waals surface area contributed by atoms with Gasteiger partial charge < -0.3 is 0 Å². The van der Waals surface area contributed by atoms with Crippen molar-refractivity contribution in [1.29, 1.82) is 0 Å². The number of aryl methyl sites for hydroxylation is 4. The third-order valence-electron chi connectivity index (χ3n) is 12.0. The van der Waals surface area contributed by atoms with E-state index in [1.165, 1.54) is 110 Å². The number of hydrogen-bond acceptors (Lipinski definition) is 0. The number of hydrogen-bond donors (Lipinski definition) is 0. The van der Waals surface area contributed by atoms with Crippen molar-refractivity contribution in [3.05, 3.63) is 229 Å². The van der Waals surface area contributed by atoms with E-state index in [1.807, 2.05) is 6.07 Å². The van der Waals surface area contributed by atoms with E-state index in [9.17, 15) is 0 Å². The predicted molar refractivity (Wildman–Crippen MR) is 276 cm³/mol. The van der Waals surface area contributed by atoms with Crippen LogP contribution >= 0.6 is 17.0 Å². The fourth-order valence-electron chi connectivity index (χ4n) is 8.90. The summed E-state index contributed by atoms with van der Waals surface area (Å²) in [6.45, 7) is 8.88. The molecule has 0 saturated heterocycles. The van der Waals surface area contributed by atoms with Crippen LogP contribution in [0.2, 0.25) is 0 Å². The predicted octanol–water partition coefficient (Wildman–Crippen LogP) is 16.0. The molecule has 0 aromatic heterocycles. The van der Waals surface area contributed by atoms with Crippen LogP contribution in [0.5, 0.6) is 0 Å². The molecule has 0 atom stereocenters. The summed E-state index contributed by atoms with van der Waals surface area (Å²) in [6, 6.07) is 75.4. The summed E-state index contributed by atoms with van der Waals surface area (Å²) in [5, 5.41) is 8.25. The molecule has 1 aliphatic rings. The van der Waals surface area contributed by atoms with Crippen molar-refractivity contribution >= 4 is 58.5 Å². The first-order valence-corrected chi connectivity index (χ1v) is 29.3. The monoisotopic (exact) mass is 957 g/mol. The van der Waals surface area contributed by atoms with E-state index in [2.05, 4.69) is 228 Å². The molecule has 0 aliphatic carbocycles. The molecular formula is C60H49Cl2SiZr-3. The molecule has 4 heteroatoms. The maximum absolute atomic E-state index is 4.93. The fourth-order valence-corrected chi connectivity index (χ4v) is 10.2. The molecule has 0 amide bonds. The summed E-state index contributed by atoms with van der Waals surface area (Å²) in [7, 11) is 10.7. The maximum Gasteiger partial charge on any atom is 0.0920 e. The second kappa shape index (κ2) is 21.6. The van der Waals surface area contributed by atoms with Gasteiger partial charge in [0, 0.05) is 0 Å². The molecule has 0 nitrogen and oxygen atoms in total. The number of fused-ring (bicyclic) bond motifs is 5. The van der Waals surface area contributed by atoms with Gasteiger partial charge in [-0.2, -0.15) is 41.6 Å². The van der Waals surface area contributed by atoms with Crippen LogP contribution in [0.15, 0.2) is 200 Å². The van der Waals surface area contributed by atoms with Gasteiger partial charge in [0.05, 0.1) is 9.52 Å². The molecule has 64 heavy (non-hydrogen) atoms. The molecule has 0 bridgehead atoms. The van der Waals surface area contributed by atoms with E-state index in [4.69, 9.17) is 17.0 Å². The molecule has 2 radical (unpaired) electrons. The molecule has 0 spiro atoms. The van der Waals surface area contributed by atoms with Crippen LogP contribution < -0.4 is 10.4 Å². The molecule has 314 valence electrons. The Morgan fingerprint density at radius 2 is 0.875 bits per heavy atom. The quantitative estimate of drug-likeness (QED) is 0.115. The minimum Gasteiger partial charge on any atom is -0.184 e. The summed E-state index contributed by atoms with van der Waals surface area (Å²) < 4.78 is 0. The largest absolute Gasteiger partial charge is 0.184 e. The molecule has 10 aromatic carbocycles. The molecule has 0 saturated carbocycles. The van der Waals surface area contributed by atoms with Gasteiger partial charge in [-0.1, -0.05) is 180 Å². The first-order valence-electron chi connectivity index (χ1n) is 21.9. The Kier molecular flexibility index (Phi) is 15.2. The van der Waals surface area contributed by atoms with Crippen LogP contribution in [-0.2, 0) is 33.7 Å². The first kappa shape index (κ1) is 45.2. The van der Waals surface area contributed by atoms with Crippen LogP contribution in [0.25, 0.3) is 77.2 Å². The van der Waals surface area contributed by atoms with Crippen molar-refractivity contribution in [2.75, 3.05) is 0 Å². The van der Waals surface area contributed by atoms with Gasteiger partial charge in [-0.25, -0.2) is 0 Å². The Bertz CT molecular complexity index is 2910. The van der Waals surface area contributed by atoms with E-state index < -0.39 is 20.8 Å². The number of benzene rings is 8. The van der Waals surface area contributed by atoms with Gasteiger partial charge in [-0.05, 0) is 60.1 Å². The van der Waals surface area contributed by atoms with Gasteiger partial charge in [0.2, 0.25) is 0 Å². The van der Waals surface area contributed by atoms with Gasteiger partial charge in [0.25, 0.3) is 0 Å². The molecule has 1 aliphatic heterocycles. The third kappa shape index (κ3) is 9.97. The van der Waals surface area contributed by atoms with Crippen LogP contribution in [-0.4, -0.2) is 9.52 Å². The van der Waals surface area contributed by atoms with Crippen molar-refractivity contribution in [3.8, 4) is 55.6 Å². The van der Waals surface area contributed by atoms with Gasteiger partial charge in [-0.3, -0.25) is 0 Å². The fraction of sp³-hybridized carbons (Fsp3) is 0.100. The SMILES string of the molecule is CCc1cc2c(-c3ccccc3-c3ccccc3)c(C)ccc2[cH-]1.CCc1cc2c(-c3ccccc3-c3ccccc3)c(C)ccc2[cH-]1.[Cl][Zr][Cl].[c-]1cccc2c1[Si]c1ccccc1-2. The standard InChI is InChI=1S/2C24H21.C12H7Si.2ClH.Zr/c2*1-3-18-15-20-14-13-17(2)24(23(20)16-18)22-12-8-7-11-21(22)19-9-5-4-6-10-19;1-3-7-11-9(5-1)10-6-2-4-8-12(10)13-11;;;/h2*4-16H,3H2,1-2H3;1-7H;2*1H;/q3*-1;;;+2/p-2. The summed E-state index contributed by atoms with van der Waals surface area (Å²) in [5.41, 5.74) is 18.8. The Morgan fingerprint density at radius 1 is 0.469 bits per heavy atom. The van der Waals surface area contributed by atoms with E-state index in [0.717, 1.165) is 22.4 Å². The summed E-state index contributed by atoms with van der Waals surface area (Å²) in [4.78, 5) is 0. The van der Waals surface area contributed by atoms with Gasteiger partial charge in [-0.15, -0.1) is 74.6 Å². The Morgan fingerprint density at radius 3 is 1.34 bits per heavy atom. The molecule has 0 N–H and O–H groups in total. The minimum absolute atomic E-state index is 0.795. The average molecular weight is 960 g/mol. The molecule has 1 heterocycles. The maximum atomic E-state index is 4.93. The first-order chi connectivity index (χ1) is 31.4. The van der Waals surface area contributed by atoms with Crippen LogP contribution in [0.1, 0.15) is 36.1 Å². The zero-order chi connectivity index (χ0) is 44.4. The Balaban J connectivity index is 0.000000132. The van der Waals surface area contributed by atoms with Crippen molar-refractivity contribution in [3.63, 3.8) is 0 Å². The zero-order valence-electron chi connectivity index (χ0n) is 36.7. The topological polar surface area (TPSA) is 0 Å². The minimum atomic E-state index is -0.826. The summed E-state index contributed by atoms with van der Waals surface area (Å²) >= 11 is -0.826. The zero-order valence-corrected chi connectivity index (χ0v) is 41.7. The van der Waals surface area contributed by atoms with Crippen LogP contribution in [0.4, 0.5) is 0 Å². The van der Waals surface area contributed by atoms with Crippen molar-refractivity contribution in [2.24, 2.45) is 0 Å². The van der Waals surface area contributed by atoms with Gasteiger partial charge >= 0.3 is 37.9 Å².